The predicted molar refractivity (Wildman–Crippen MR) is 86.2 cm³/mol. The minimum absolute atomic E-state index is 0.0144. The van der Waals surface area contributed by atoms with Crippen LogP contribution in [0.2, 0.25) is 5.02 Å². The van der Waals surface area contributed by atoms with Crippen molar-refractivity contribution in [2.45, 2.75) is 4.90 Å². The van der Waals surface area contributed by atoms with E-state index in [9.17, 15) is 9.59 Å². The number of hydrogen-bond acceptors (Lipinski definition) is 3. The maximum absolute atomic E-state index is 12.1. The normalized spacial score (nSPS) is 10.1. The van der Waals surface area contributed by atoms with Crippen molar-refractivity contribution >= 4 is 40.9 Å². The maximum atomic E-state index is 12.1. The third-order valence-corrected chi connectivity index (χ3v) is 3.92. The van der Waals surface area contributed by atoms with Crippen LogP contribution in [-0.4, -0.2) is 17.6 Å². The molecule has 4 nitrogen and oxygen atoms in total. The number of carbonyl (C=O) groups excluding carboxylic acids is 2. The fourth-order valence-corrected chi connectivity index (χ4v) is 2.56. The Morgan fingerprint density at radius 3 is 2.24 bits per heavy atom. The Kier molecular flexibility index (Phi) is 5.25. The topological polar surface area (TPSA) is 72.2 Å². The van der Waals surface area contributed by atoms with Crippen LogP contribution in [0.5, 0.6) is 0 Å². The van der Waals surface area contributed by atoms with E-state index in [1.165, 1.54) is 11.8 Å². The monoisotopic (exact) mass is 320 g/mol. The molecule has 0 heterocycles. The first-order valence-electron chi connectivity index (χ1n) is 6.12. The van der Waals surface area contributed by atoms with Crippen molar-refractivity contribution < 1.29 is 9.59 Å². The van der Waals surface area contributed by atoms with E-state index in [4.69, 9.17) is 17.3 Å². The second-order valence-electron chi connectivity index (χ2n) is 4.23. The standard InChI is InChI=1S/C15H13ClN2O2S/c16-11-3-7-13(8-4-11)21-9-14(19)10-1-5-12(6-2-10)18-15(17)20/h1-8H,9H2,(H3,17,18,20). The van der Waals surface area contributed by atoms with Gasteiger partial charge in [-0.3, -0.25) is 4.79 Å². The van der Waals surface area contributed by atoms with Crippen LogP contribution in [0.25, 0.3) is 0 Å². The first kappa shape index (κ1) is 15.4. The summed E-state index contributed by atoms with van der Waals surface area (Å²) in [6.45, 7) is 0. The molecular weight excluding hydrogens is 308 g/mol. The van der Waals surface area contributed by atoms with Gasteiger partial charge >= 0.3 is 6.03 Å². The van der Waals surface area contributed by atoms with Crippen molar-refractivity contribution in [3.63, 3.8) is 0 Å². The molecule has 0 aliphatic heterocycles. The second-order valence-corrected chi connectivity index (χ2v) is 5.72. The first-order chi connectivity index (χ1) is 10.0. The summed E-state index contributed by atoms with van der Waals surface area (Å²) in [7, 11) is 0. The average molecular weight is 321 g/mol. The quantitative estimate of drug-likeness (QED) is 0.650. The number of amides is 2. The lowest BCUT2D eigenvalue weighted by Crippen LogP contribution is -2.19. The largest absolute Gasteiger partial charge is 0.351 e. The van der Waals surface area contributed by atoms with Crippen molar-refractivity contribution in [1.82, 2.24) is 0 Å². The van der Waals surface area contributed by atoms with Gasteiger partial charge in [-0.05, 0) is 48.5 Å². The summed E-state index contributed by atoms with van der Waals surface area (Å²) in [6.07, 6.45) is 0. The van der Waals surface area contributed by atoms with Crippen LogP contribution >= 0.6 is 23.4 Å². The van der Waals surface area contributed by atoms with E-state index >= 15 is 0 Å². The Bertz CT molecular complexity index is 642. The molecule has 0 fully saturated rings. The van der Waals surface area contributed by atoms with Gasteiger partial charge in [-0.2, -0.15) is 0 Å². The van der Waals surface area contributed by atoms with Crippen LogP contribution in [0.15, 0.2) is 53.4 Å². The number of nitrogens with one attached hydrogen (secondary N) is 1. The van der Waals surface area contributed by atoms with Crippen LogP contribution < -0.4 is 11.1 Å². The molecule has 0 saturated carbocycles. The minimum Gasteiger partial charge on any atom is -0.351 e. The van der Waals surface area contributed by atoms with Crippen molar-refractivity contribution in [3.05, 3.63) is 59.1 Å². The summed E-state index contributed by atoms with van der Waals surface area (Å²) in [5, 5.41) is 3.11. The van der Waals surface area contributed by atoms with Gasteiger partial charge in [0.25, 0.3) is 0 Å². The van der Waals surface area contributed by atoms with E-state index in [0.717, 1.165) is 4.90 Å². The predicted octanol–water partition coefficient (Wildman–Crippen LogP) is 3.81. The molecule has 6 heteroatoms. The molecule has 108 valence electrons. The third-order valence-electron chi connectivity index (χ3n) is 2.66. The summed E-state index contributed by atoms with van der Waals surface area (Å²) >= 11 is 7.26. The number of halogens is 1. The van der Waals surface area contributed by atoms with E-state index in [1.54, 1.807) is 36.4 Å². The highest BCUT2D eigenvalue weighted by molar-refractivity contribution is 8.00. The molecule has 2 amide bonds. The molecule has 0 bridgehead atoms. The van der Waals surface area contributed by atoms with Gasteiger partial charge in [-0.15, -0.1) is 11.8 Å². The van der Waals surface area contributed by atoms with Crippen molar-refractivity contribution in [2.75, 3.05) is 11.1 Å². The highest BCUT2D eigenvalue weighted by atomic mass is 35.5. The summed E-state index contributed by atoms with van der Waals surface area (Å²) in [5.74, 6) is 0.352. The molecule has 0 spiro atoms. The van der Waals surface area contributed by atoms with Gasteiger partial charge in [0.15, 0.2) is 5.78 Å². The Labute approximate surface area is 131 Å². The Hall–Kier alpha value is -1.98. The van der Waals surface area contributed by atoms with Crippen LogP contribution in [-0.2, 0) is 0 Å². The molecular formula is C15H13ClN2O2S. The number of ketones is 1. The molecule has 0 aliphatic carbocycles. The summed E-state index contributed by atoms with van der Waals surface area (Å²) in [4.78, 5) is 23.7. The molecule has 3 N–H and O–H groups in total. The van der Waals surface area contributed by atoms with Gasteiger partial charge in [-0.25, -0.2) is 4.79 Å². The number of thioether (sulfide) groups is 1. The zero-order valence-corrected chi connectivity index (χ0v) is 12.6. The van der Waals surface area contributed by atoms with Crippen LogP contribution in [0, 0.1) is 0 Å². The highest BCUT2D eigenvalue weighted by Crippen LogP contribution is 2.21. The van der Waals surface area contributed by atoms with E-state index in [-0.39, 0.29) is 5.78 Å². The molecule has 2 aromatic carbocycles. The fourth-order valence-electron chi connectivity index (χ4n) is 1.64. The zero-order valence-electron chi connectivity index (χ0n) is 11.0. The number of benzene rings is 2. The first-order valence-corrected chi connectivity index (χ1v) is 7.49. The summed E-state index contributed by atoms with van der Waals surface area (Å²) in [5.41, 5.74) is 6.16. The number of urea groups is 1. The smallest absolute Gasteiger partial charge is 0.316 e. The van der Waals surface area contributed by atoms with Gasteiger partial charge in [0.1, 0.15) is 0 Å². The SMILES string of the molecule is NC(=O)Nc1ccc(C(=O)CSc2ccc(Cl)cc2)cc1. The van der Waals surface area contributed by atoms with E-state index in [2.05, 4.69) is 5.32 Å². The molecule has 2 rings (SSSR count). The maximum Gasteiger partial charge on any atom is 0.316 e. The number of carbonyl (C=O) groups is 2. The highest BCUT2D eigenvalue weighted by Gasteiger charge is 2.07. The Balaban J connectivity index is 1.93. The number of hydrogen-bond donors (Lipinski definition) is 2. The second kappa shape index (κ2) is 7.15. The van der Waals surface area contributed by atoms with Gasteiger partial charge in [0.2, 0.25) is 0 Å². The average Bonchev–Trinajstić information content (AvgIpc) is 2.46. The van der Waals surface area contributed by atoms with Crippen LogP contribution in [0.3, 0.4) is 0 Å². The fraction of sp³-hybridized carbons (Fsp3) is 0.0667. The lowest BCUT2D eigenvalue weighted by molar-refractivity contribution is 0.102. The van der Waals surface area contributed by atoms with E-state index in [1.807, 2.05) is 12.1 Å². The van der Waals surface area contributed by atoms with Crippen LogP contribution in [0.4, 0.5) is 10.5 Å². The Morgan fingerprint density at radius 1 is 1.05 bits per heavy atom. The zero-order chi connectivity index (χ0) is 15.2. The van der Waals surface area contributed by atoms with E-state index in [0.29, 0.717) is 22.0 Å². The van der Waals surface area contributed by atoms with Gasteiger partial charge in [0, 0.05) is 21.2 Å². The number of anilines is 1. The molecule has 0 aliphatic rings. The lowest BCUT2D eigenvalue weighted by atomic mass is 10.1. The molecule has 2 aromatic rings. The van der Waals surface area contributed by atoms with Crippen molar-refractivity contribution in [3.8, 4) is 0 Å². The summed E-state index contributed by atoms with van der Waals surface area (Å²) in [6, 6.07) is 13.3. The van der Waals surface area contributed by atoms with Gasteiger partial charge in [-0.1, -0.05) is 11.6 Å². The number of rotatable bonds is 5. The van der Waals surface area contributed by atoms with Gasteiger partial charge < -0.3 is 11.1 Å². The Morgan fingerprint density at radius 2 is 1.67 bits per heavy atom. The number of Topliss-reactive ketones (excluding diaryl/α,β-unsaturated/α-hetero) is 1. The molecule has 21 heavy (non-hydrogen) atoms. The molecule has 0 atom stereocenters. The van der Waals surface area contributed by atoms with Gasteiger partial charge in [0.05, 0.1) is 5.75 Å². The number of primary amides is 1. The van der Waals surface area contributed by atoms with Crippen molar-refractivity contribution in [1.29, 1.82) is 0 Å². The molecule has 0 saturated heterocycles. The molecule has 0 unspecified atom stereocenters. The summed E-state index contributed by atoms with van der Waals surface area (Å²) < 4.78 is 0. The number of nitrogens with two attached hydrogens (primary N) is 1. The lowest BCUT2D eigenvalue weighted by Gasteiger charge is -2.04. The minimum atomic E-state index is -0.632. The molecule has 0 radical (unpaired) electrons. The van der Waals surface area contributed by atoms with Crippen LogP contribution in [0.1, 0.15) is 10.4 Å². The third kappa shape index (κ3) is 4.81. The van der Waals surface area contributed by atoms with Crippen molar-refractivity contribution in [2.24, 2.45) is 5.73 Å². The molecule has 0 aromatic heterocycles. The van der Waals surface area contributed by atoms with E-state index < -0.39 is 6.03 Å².